The van der Waals surface area contributed by atoms with E-state index in [2.05, 4.69) is 50.1 Å². The number of aliphatic hydroxyl groups is 1. The van der Waals surface area contributed by atoms with E-state index in [9.17, 15) is 24.3 Å². The summed E-state index contributed by atoms with van der Waals surface area (Å²) >= 11 is 9.44. The average molecular weight is 994 g/mol. The highest BCUT2D eigenvalue weighted by atomic mass is 35.5. The van der Waals surface area contributed by atoms with Crippen molar-refractivity contribution in [3.8, 4) is 15.4 Å². The maximum absolute atomic E-state index is 14.2. The molecule has 8 rings (SSSR count). The van der Waals surface area contributed by atoms with Crippen LogP contribution in [0.1, 0.15) is 120 Å². The second-order valence-electron chi connectivity index (χ2n) is 18.2. The molecule has 2 aromatic carbocycles. The third kappa shape index (κ3) is 10.9. The third-order valence-electron chi connectivity index (χ3n) is 12.8. The van der Waals surface area contributed by atoms with E-state index >= 15 is 0 Å². The lowest BCUT2D eigenvalue weighted by atomic mass is 9.91. The minimum Gasteiger partial charge on any atom is -0.391 e. The fourth-order valence-corrected chi connectivity index (χ4v) is 11.2. The molecule has 0 spiro atoms. The monoisotopic (exact) mass is 992 g/mol. The van der Waals surface area contributed by atoms with Gasteiger partial charge >= 0.3 is 0 Å². The molecule has 6 heterocycles. The molecule has 4 N–H and O–H groups in total. The van der Waals surface area contributed by atoms with Crippen LogP contribution in [0.3, 0.4) is 0 Å². The molecule has 1 saturated heterocycles. The third-order valence-corrected chi connectivity index (χ3v) is 15.2. The minimum atomic E-state index is -0.970. The lowest BCUT2D eigenvalue weighted by Crippen LogP contribution is -2.49. The van der Waals surface area contributed by atoms with Crippen LogP contribution in [-0.2, 0) is 19.2 Å². The van der Waals surface area contributed by atoms with Crippen LogP contribution in [-0.4, -0.2) is 96.0 Å². The smallest absolute Gasteiger partial charge is 0.243 e. The Morgan fingerprint density at radius 2 is 1.62 bits per heavy atom. The molecule has 2 aliphatic rings. The molecule has 16 nitrogen and oxygen atoms in total. The number of halogens is 1. The Labute approximate surface area is 414 Å². The van der Waals surface area contributed by atoms with Crippen LogP contribution in [0.4, 0.5) is 0 Å². The number of aliphatic hydroxyl groups excluding tert-OH is 1. The van der Waals surface area contributed by atoms with Crippen LogP contribution in [0.2, 0.25) is 5.02 Å². The van der Waals surface area contributed by atoms with E-state index in [4.69, 9.17) is 21.1 Å². The van der Waals surface area contributed by atoms with Gasteiger partial charge in [-0.2, -0.15) is 0 Å². The van der Waals surface area contributed by atoms with Gasteiger partial charge in [-0.15, -0.1) is 32.9 Å². The Balaban J connectivity index is 0.894. The molecule has 2 aliphatic heterocycles. The number of rotatable bonds is 17. The van der Waals surface area contributed by atoms with Crippen molar-refractivity contribution >= 4 is 63.6 Å². The Kier molecular flexibility index (Phi) is 15.2. The van der Waals surface area contributed by atoms with Crippen LogP contribution in [0.15, 0.2) is 69.6 Å². The number of amides is 4. The predicted octanol–water partition coefficient (Wildman–Crippen LogP) is 7.58. The van der Waals surface area contributed by atoms with Gasteiger partial charge in [0.15, 0.2) is 5.82 Å². The summed E-state index contributed by atoms with van der Waals surface area (Å²) in [6.07, 6.45) is 0.299. The zero-order valence-electron chi connectivity index (χ0n) is 39.7. The van der Waals surface area contributed by atoms with Gasteiger partial charge in [0.05, 0.1) is 52.5 Å². The normalized spacial score (nSPS) is 17.4. The van der Waals surface area contributed by atoms with Crippen LogP contribution in [0.25, 0.3) is 15.4 Å². The second-order valence-corrected chi connectivity index (χ2v) is 20.7. The molecule has 5 unspecified atom stereocenters. The summed E-state index contributed by atoms with van der Waals surface area (Å²) in [5, 5.41) is 34.3. The number of carbonyl (C=O) groups is 4. The number of fused-ring (bicyclic) bond motifs is 3. The lowest BCUT2D eigenvalue weighted by molar-refractivity contribution is -0.141. The molecule has 1 fully saturated rings. The van der Waals surface area contributed by atoms with Crippen LogP contribution >= 0.6 is 34.3 Å². The number of hydrogen-bond acceptors (Lipinski definition) is 13. The zero-order chi connectivity index (χ0) is 49.1. The van der Waals surface area contributed by atoms with Crippen molar-refractivity contribution < 1.29 is 28.8 Å². The Morgan fingerprint density at radius 1 is 0.928 bits per heavy atom. The Hall–Kier alpha value is -6.08. The van der Waals surface area contributed by atoms with Gasteiger partial charge in [0, 0.05) is 53.1 Å². The molecule has 5 atom stereocenters. The molecule has 19 heteroatoms. The molecule has 4 aromatic heterocycles. The number of carbonyl (C=O) groups excluding carboxylic acids is 4. The molecular formula is C50H57ClN10O6S2. The molecule has 6 aromatic rings. The van der Waals surface area contributed by atoms with E-state index in [0.29, 0.717) is 59.6 Å². The molecule has 0 bridgehead atoms. The molecule has 362 valence electrons. The van der Waals surface area contributed by atoms with Gasteiger partial charge in [0.1, 0.15) is 34.6 Å². The summed E-state index contributed by atoms with van der Waals surface area (Å²) in [6, 6.07) is 14.6. The average Bonchev–Trinajstić information content (AvgIpc) is 4.15. The van der Waals surface area contributed by atoms with Crippen molar-refractivity contribution in [2.24, 2.45) is 10.9 Å². The number of aliphatic imine (C=N–C) groups is 1. The summed E-state index contributed by atoms with van der Waals surface area (Å²) < 4.78 is 7.52. The first-order valence-electron chi connectivity index (χ1n) is 23.2. The highest BCUT2D eigenvalue weighted by Crippen LogP contribution is 2.40. The number of β-amino-alcohol motifs (C(OH)–C–C–N with tert-alkyl or cyclic N) is 1. The summed E-state index contributed by atoms with van der Waals surface area (Å²) in [4.78, 5) is 68.7. The zero-order valence-corrected chi connectivity index (χ0v) is 42.1. The summed E-state index contributed by atoms with van der Waals surface area (Å²) in [5.74, 6) is -0.447. The van der Waals surface area contributed by atoms with E-state index in [-0.39, 0.29) is 49.4 Å². The first kappa shape index (κ1) is 49.3. The lowest BCUT2D eigenvalue weighted by Gasteiger charge is -2.30. The number of hydrogen-bond donors (Lipinski definition) is 4. The fourth-order valence-electron chi connectivity index (χ4n) is 9.06. The van der Waals surface area contributed by atoms with Gasteiger partial charge in [0.25, 0.3) is 0 Å². The van der Waals surface area contributed by atoms with Crippen LogP contribution < -0.4 is 16.0 Å². The van der Waals surface area contributed by atoms with E-state index in [1.54, 1.807) is 29.8 Å². The molecule has 69 heavy (non-hydrogen) atoms. The van der Waals surface area contributed by atoms with Gasteiger partial charge in [-0.1, -0.05) is 67.0 Å². The fraction of sp³-hybridized carbons (Fsp3) is 0.420. The summed E-state index contributed by atoms with van der Waals surface area (Å²) in [5.41, 5.74) is 8.75. The van der Waals surface area contributed by atoms with Gasteiger partial charge in [-0.05, 0) is 82.2 Å². The molecule has 4 amide bonds. The SMILES string of the molecule is Cc1cc(C(C(=O)N2CC(O)CC2C(=O)NC(CC(=O)NCCCCNC(=O)CC2N=C(c3ccc(Cl)cc3)c3c(sc(C)c3C)-n3c(C)nnc32)c2ccc(-c3scnc3C)cc2)C(C)C)on1. The number of aryl methyl sites for hydroxylation is 4. The van der Waals surface area contributed by atoms with Crippen molar-refractivity contribution in [1.82, 2.24) is 45.8 Å². The van der Waals surface area contributed by atoms with E-state index in [1.807, 2.05) is 80.8 Å². The maximum Gasteiger partial charge on any atom is 0.243 e. The van der Waals surface area contributed by atoms with Crippen LogP contribution in [0.5, 0.6) is 0 Å². The number of unbranched alkanes of at least 4 members (excludes halogenated alkanes) is 1. The topological polar surface area (TPSA) is 210 Å². The van der Waals surface area contributed by atoms with E-state index in [0.717, 1.165) is 48.4 Å². The summed E-state index contributed by atoms with van der Waals surface area (Å²) in [6.45, 7) is 14.3. The van der Waals surface area contributed by atoms with Gasteiger partial charge < -0.3 is 30.5 Å². The molecule has 0 aliphatic carbocycles. The predicted molar refractivity (Wildman–Crippen MR) is 266 cm³/mol. The van der Waals surface area contributed by atoms with E-state index < -0.39 is 36.1 Å². The van der Waals surface area contributed by atoms with Crippen molar-refractivity contribution in [2.45, 2.75) is 111 Å². The summed E-state index contributed by atoms with van der Waals surface area (Å²) in [7, 11) is 0. The largest absolute Gasteiger partial charge is 0.391 e. The molecule has 0 saturated carbocycles. The van der Waals surface area contributed by atoms with Gasteiger partial charge in [-0.3, -0.25) is 28.7 Å². The quantitative estimate of drug-likeness (QED) is 0.0659. The highest BCUT2D eigenvalue weighted by molar-refractivity contribution is 7.15. The first-order chi connectivity index (χ1) is 33.1. The number of nitrogens with one attached hydrogen (secondary N) is 3. The van der Waals surface area contributed by atoms with Gasteiger partial charge in [0.2, 0.25) is 23.6 Å². The molecule has 0 radical (unpaired) electrons. The number of likely N-dealkylation sites (tertiary alicyclic amines) is 1. The van der Waals surface area contributed by atoms with Crippen molar-refractivity contribution in [3.63, 3.8) is 0 Å². The number of aromatic nitrogens is 5. The number of thiophene rings is 1. The Bertz CT molecular complexity index is 2870. The number of thiazole rings is 1. The van der Waals surface area contributed by atoms with Crippen molar-refractivity contribution in [1.29, 1.82) is 0 Å². The Morgan fingerprint density at radius 3 is 2.28 bits per heavy atom. The van der Waals surface area contributed by atoms with Crippen molar-refractivity contribution in [3.05, 3.63) is 121 Å². The van der Waals surface area contributed by atoms with E-state index in [1.165, 1.54) is 16.2 Å². The maximum atomic E-state index is 14.2. The van der Waals surface area contributed by atoms with Crippen molar-refractivity contribution in [2.75, 3.05) is 19.6 Å². The minimum absolute atomic E-state index is 0.0141. The molecular weight excluding hydrogens is 936 g/mol. The first-order valence-corrected chi connectivity index (χ1v) is 25.3. The van der Waals surface area contributed by atoms with Crippen LogP contribution in [0, 0.1) is 40.5 Å². The van der Waals surface area contributed by atoms with Gasteiger partial charge in [-0.25, -0.2) is 4.98 Å². The number of benzene rings is 2. The number of nitrogens with zero attached hydrogens (tertiary/aromatic N) is 7. The standard InChI is InChI=1S/C50H57ClN10O6S2/c1-26(2)43(40-20-27(3)59-67-40)49(66)60-24-36(62)21-39(60)48(65)56-37(32-10-12-34(13-11-32)46-29(5)54-25-68-46)22-41(63)52-18-8-9-19-53-42(64)23-38-47-58-57-31(7)61(47)50-44(28(4)30(6)69-50)45(55-38)33-14-16-35(51)17-15-33/h10-17,20,25-26,36-39,43,62H,8-9,18-19,21-24H2,1-7H3,(H,52,63)(H,53,64)(H,56,65). The second kappa shape index (κ2) is 21.3. The highest BCUT2D eigenvalue weighted by Gasteiger charge is 2.44.